The molecule has 0 atom stereocenters. The zero-order chi connectivity index (χ0) is 18.2. The maximum atomic E-state index is 11.9. The summed E-state index contributed by atoms with van der Waals surface area (Å²) in [6.45, 7) is 12.0. The minimum atomic E-state index is -3.11. The van der Waals surface area contributed by atoms with Crippen LogP contribution in [0.25, 0.3) is 0 Å². The highest BCUT2D eigenvalue weighted by Crippen LogP contribution is 2.37. The number of rotatable bonds is 6. The molecule has 5 nitrogen and oxygen atoms in total. The Hall–Kier alpha value is -1.05. The monoisotopic (exact) mass is 354 g/mol. The van der Waals surface area contributed by atoms with E-state index in [1.165, 1.54) is 0 Å². The first-order chi connectivity index (χ1) is 11.0. The molecule has 1 aromatic rings. The average Bonchev–Trinajstić information content (AvgIpc) is 2.69. The third-order valence-electron chi connectivity index (χ3n) is 4.71. The van der Waals surface area contributed by atoms with Gasteiger partial charge in [-0.25, -0.2) is 8.42 Å². The van der Waals surface area contributed by atoms with Crippen LogP contribution in [0.3, 0.4) is 0 Å². The van der Waals surface area contributed by atoms with E-state index in [1.54, 1.807) is 19.1 Å². The van der Waals surface area contributed by atoms with Gasteiger partial charge in [-0.2, -0.15) is 0 Å². The summed E-state index contributed by atoms with van der Waals surface area (Å²) in [4.78, 5) is 0. The van der Waals surface area contributed by atoms with Gasteiger partial charge in [0.1, 0.15) is 5.75 Å². The van der Waals surface area contributed by atoms with E-state index in [1.807, 2.05) is 40.7 Å². The molecule has 0 radical (unpaired) electrons. The molecule has 1 fully saturated rings. The largest absolute Gasteiger partial charge is 0.498 e. The molecular weight excluding hydrogens is 327 g/mol. The van der Waals surface area contributed by atoms with Crippen molar-refractivity contribution in [2.75, 3.05) is 12.4 Å². The normalized spacial score (nSPS) is 19.5. The van der Waals surface area contributed by atoms with Gasteiger partial charge in [0.05, 0.1) is 23.6 Å². The molecule has 1 saturated heterocycles. The van der Waals surface area contributed by atoms with E-state index in [-0.39, 0.29) is 11.5 Å². The summed E-state index contributed by atoms with van der Waals surface area (Å²) in [6, 6.07) is 5.40. The third kappa shape index (κ3) is 3.95. The lowest BCUT2D eigenvalue weighted by atomic mass is 9.77. The summed E-state index contributed by atoms with van der Waals surface area (Å²) >= 11 is 0. The van der Waals surface area contributed by atoms with Gasteiger partial charge in [-0.1, -0.05) is 19.1 Å². The fraction of sp³-hybridized carbons (Fsp3) is 0.647. The number of ether oxygens (including phenoxy) is 1. The van der Waals surface area contributed by atoms with Crippen LogP contribution in [0.15, 0.2) is 18.2 Å². The van der Waals surface area contributed by atoms with Crippen LogP contribution in [-0.2, 0) is 24.9 Å². The lowest BCUT2D eigenvalue weighted by molar-refractivity contribution is 0.00578. The van der Waals surface area contributed by atoms with Crippen LogP contribution < -0.4 is 10.2 Å². The SMILES string of the molecule is CCOc1ccc(CS(=O)(=O)CC)cc1B1OC(C)(C)C(C)(C)O1. The Morgan fingerprint density at radius 3 is 2.17 bits per heavy atom. The van der Waals surface area contributed by atoms with Crippen LogP contribution in [-0.4, -0.2) is 39.1 Å². The summed E-state index contributed by atoms with van der Waals surface area (Å²) in [7, 11) is -3.69. The van der Waals surface area contributed by atoms with E-state index in [0.29, 0.717) is 17.9 Å². The zero-order valence-corrected chi connectivity index (χ0v) is 16.2. The zero-order valence-electron chi connectivity index (χ0n) is 15.4. The van der Waals surface area contributed by atoms with Gasteiger partial charge < -0.3 is 14.0 Å². The van der Waals surface area contributed by atoms with E-state index in [4.69, 9.17) is 14.0 Å². The first-order valence-electron chi connectivity index (χ1n) is 8.33. The third-order valence-corrected chi connectivity index (χ3v) is 6.36. The van der Waals surface area contributed by atoms with Crippen LogP contribution in [0.5, 0.6) is 5.75 Å². The Kier molecular flexibility index (Phi) is 5.38. The smallest absolute Gasteiger partial charge is 0.494 e. The van der Waals surface area contributed by atoms with E-state index in [2.05, 4.69) is 0 Å². The molecule has 0 N–H and O–H groups in total. The standard InChI is InChI=1S/C17H27BO5S/c1-7-21-15-10-9-13(12-24(19,20)8-2)11-14(15)18-22-16(3,4)17(5,6)23-18/h9-11H,7-8,12H2,1-6H3. The van der Waals surface area contributed by atoms with Crippen LogP contribution in [0, 0.1) is 0 Å². The molecule has 0 amide bonds. The molecule has 134 valence electrons. The lowest BCUT2D eigenvalue weighted by Crippen LogP contribution is -2.41. The molecule has 0 bridgehead atoms. The molecule has 0 spiro atoms. The second kappa shape index (κ2) is 6.69. The van der Waals surface area contributed by atoms with Crippen molar-refractivity contribution in [1.29, 1.82) is 0 Å². The molecular formula is C17H27BO5S. The molecule has 0 aliphatic carbocycles. The van der Waals surface area contributed by atoms with Crippen molar-refractivity contribution < 1.29 is 22.5 Å². The van der Waals surface area contributed by atoms with Crippen LogP contribution >= 0.6 is 0 Å². The number of hydrogen-bond donors (Lipinski definition) is 0. The Balaban J connectivity index is 2.40. The summed E-state index contributed by atoms with van der Waals surface area (Å²) in [5.74, 6) is 0.780. The predicted molar refractivity (Wildman–Crippen MR) is 96.5 cm³/mol. The molecule has 1 heterocycles. The second-order valence-electron chi connectivity index (χ2n) is 7.07. The minimum absolute atomic E-state index is 0.00239. The Bertz CT molecular complexity index is 681. The minimum Gasteiger partial charge on any atom is -0.494 e. The average molecular weight is 354 g/mol. The number of sulfone groups is 1. The molecule has 2 rings (SSSR count). The van der Waals surface area contributed by atoms with Crippen molar-refractivity contribution >= 4 is 22.4 Å². The molecule has 1 aliphatic rings. The van der Waals surface area contributed by atoms with E-state index < -0.39 is 28.2 Å². The summed E-state index contributed by atoms with van der Waals surface area (Å²) in [5, 5.41) is 0. The summed E-state index contributed by atoms with van der Waals surface area (Å²) in [6.07, 6.45) is 0. The fourth-order valence-corrected chi connectivity index (χ4v) is 3.38. The van der Waals surface area contributed by atoms with Gasteiger partial charge in [0.2, 0.25) is 0 Å². The highest BCUT2D eigenvalue weighted by molar-refractivity contribution is 7.90. The van der Waals surface area contributed by atoms with Gasteiger partial charge in [-0.3, -0.25) is 0 Å². The molecule has 24 heavy (non-hydrogen) atoms. The molecule has 1 aliphatic heterocycles. The lowest BCUT2D eigenvalue weighted by Gasteiger charge is -2.32. The topological polar surface area (TPSA) is 61.8 Å². The van der Waals surface area contributed by atoms with Crippen molar-refractivity contribution in [2.45, 2.75) is 58.5 Å². The van der Waals surface area contributed by atoms with E-state index in [0.717, 1.165) is 5.46 Å². The molecule has 0 aromatic heterocycles. The quantitative estimate of drug-likeness (QED) is 0.734. The van der Waals surface area contributed by atoms with Crippen LogP contribution in [0.1, 0.15) is 47.1 Å². The van der Waals surface area contributed by atoms with Gasteiger partial charge in [-0.15, -0.1) is 0 Å². The van der Waals surface area contributed by atoms with Crippen molar-refractivity contribution in [3.63, 3.8) is 0 Å². The fourth-order valence-electron chi connectivity index (χ4n) is 2.48. The first-order valence-corrected chi connectivity index (χ1v) is 10.1. The second-order valence-corrected chi connectivity index (χ2v) is 9.42. The number of hydrogen-bond acceptors (Lipinski definition) is 5. The number of benzene rings is 1. The predicted octanol–water partition coefficient (Wildman–Crippen LogP) is 2.32. The molecule has 0 saturated carbocycles. The Morgan fingerprint density at radius 1 is 1.08 bits per heavy atom. The highest BCUT2D eigenvalue weighted by atomic mass is 32.2. The van der Waals surface area contributed by atoms with Gasteiger partial charge in [0.25, 0.3) is 0 Å². The Labute approximate surface area is 145 Å². The van der Waals surface area contributed by atoms with Crippen LogP contribution in [0.2, 0.25) is 0 Å². The van der Waals surface area contributed by atoms with E-state index >= 15 is 0 Å². The highest BCUT2D eigenvalue weighted by Gasteiger charge is 2.52. The maximum absolute atomic E-state index is 11.9. The van der Waals surface area contributed by atoms with Gasteiger partial charge in [-0.05, 0) is 46.2 Å². The Morgan fingerprint density at radius 2 is 1.67 bits per heavy atom. The summed E-state index contributed by atoms with van der Waals surface area (Å²) < 4.78 is 41.7. The molecule has 7 heteroatoms. The van der Waals surface area contributed by atoms with Gasteiger partial charge in [0.15, 0.2) is 9.84 Å². The maximum Gasteiger partial charge on any atom is 0.498 e. The van der Waals surface area contributed by atoms with Crippen LogP contribution in [0.4, 0.5) is 0 Å². The van der Waals surface area contributed by atoms with E-state index in [9.17, 15) is 8.42 Å². The molecule has 1 aromatic carbocycles. The van der Waals surface area contributed by atoms with Gasteiger partial charge in [0, 0.05) is 11.2 Å². The molecule has 0 unspecified atom stereocenters. The first kappa shape index (κ1) is 19.3. The van der Waals surface area contributed by atoms with Gasteiger partial charge >= 0.3 is 7.12 Å². The van der Waals surface area contributed by atoms with Crippen molar-refractivity contribution in [3.05, 3.63) is 23.8 Å². The van der Waals surface area contributed by atoms with Crippen molar-refractivity contribution in [1.82, 2.24) is 0 Å². The summed E-state index contributed by atoms with van der Waals surface area (Å²) in [5.41, 5.74) is 0.517. The van der Waals surface area contributed by atoms with Crippen molar-refractivity contribution in [3.8, 4) is 5.75 Å². The van der Waals surface area contributed by atoms with Crippen molar-refractivity contribution in [2.24, 2.45) is 0 Å².